The first-order valence-corrected chi connectivity index (χ1v) is 9.09. The number of ether oxygens (including phenoxy) is 2. The molecule has 2 fully saturated rings. The molecular weight excluding hydrogens is 397 g/mol. The molecule has 2 aromatic rings. The summed E-state index contributed by atoms with van der Waals surface area (Å²) >= 11 is 0. The third-order valence-corrected chi connectivity index (χ3v) is 5.41. The lowest BCUT2D eigenvalue weighted by atomic mass is 9.95. The van der Waals surface area contributed by atoms with E-state index in [4.69, 9.17) is 9.47 Å². The molecule has 0 radical (unpaired) electrons. The molecule has 0 bridgehead atoms. The zero-order valence-electron chi connectivity index (χ0n) is 16.0. The van der Waals surface area contributed by atoms with Crippen LogP contribution >= 0.6 is 0 Å². The van der Waals surface area contributed by atoms with Gasteiger partial charge in [0.2, 0.25) is 0 Å². The maximum Gasteiger partial charge on any atom is 0.328 e. The first kappa shape index (κ1) is 19.7. The van der Waals surface area contributed by atoms with E-state index in [0.717, 1.165) is 18.2 Å². The van der Waals surface area contributed by atoms with Crippen LogP contribution in [0.3, 0.4) is 0 Å². The molecule has 154 valence electrons. The summed E-state index contributed by atoms with van der Waals surface area (Å²) in [6, 6.07) is 10.1. The van der Waals surface area contributed by atoms with Crippen molar-refractivity contribution in [2.45, 2.75) is 25.6 Å². The first-order chi connectivity index (χ1) is 14.1. The number of halogens is 1. The number of hydrogen-bond donors (Lipinski definition) is 0. The fourth-order valence-electron chi connectivity index (χ4n) is 4.06. The van der Waals surface area contributed by atoms with Gasteiger partial charge in [0.25, 0.3) is 11.5 Å². The topological polar surface area (TPSA) is 113 Å². The average molecular weight is 413 g/mol. The Labute approximate surface area is 169 Å². The van der Waals surface area contributed by atoms with E-state index < -0.39 is 51.5 Å². The van der Waals surface area contributed by atoms with Crippen LogP contribution in [-0.4, -0.2) is 28.4 Å². The van der Waals surface area contributed by atoms with Crippen molar-refractivity contribution in [2.75, 3.05) is 0 Å². The monoisotopic (exact) mass is 413 g/mol. The van der Waals surface area contributed by atoms with Crippen molar-refractivity contribution < 1.29 is 33.2 Å². The van der Waals surface area contributed by atoms with E-state index in [-0.39, 0.29) is 16.8 Å². The van der Waals surface area contributed by atoms with Crippen LogP contribution in [0.15, 0.2) is 48.5 Å². The van der Waals surface area contributed by atoms with E-state index in [1.54, 1.807) is 0 Å². The summed E-state index contributed by atoms with van der Waals surface area (Å²) in [5, 5.41) is 10.8. The van der Waals surface area contributed by atoms with E-state index >= 15 is 0 Å². The van der Waals surface area contributed by atoms with Gasteiger partial charge in [0.05, 0.1) is 10.8 Å². The second-order valence-electron chi connectivity index (χ2n) is 7.73. The quantitative estimate of drug-likeness (QED) is 0.249. The summed E-state index contributed by atoms with van der Waals surface area (Å²) in [7, 11) is 0. The molecule has 2 aliphatic rings. The second kappa shape index (κ2) is 6.45. The Morgan fingerprint density at radius 2 is 1.67 bits per heavy atom. The van der Waals surface area contributed by atoms with Crippen LogP contribution < -0.4 is 0 Å². The van der Waals surface area contributed by atoms with Crippen molar-refractivity contribution in [1.82, 2.24) is 0 Å². The molecule has 0 unspecified atom stereocenters. The molecule has 1 saturated carbocycles. The predicted octanol–water partition coefficient (Wildman–Crippen LogP) is 3.15. The SMILES string of the molecule is CC1(C)OC(=O)C2(C(=O)O1)[C@H](C(=O)c1ccc([N+](=O)[O-])cc1)[C@H]2c1cccc(F)c1. The Hall–Kier alpha value is -3.62. The number of rotatable bonds is 4. The number of benzene rings is 2. The van der Waals surface area contributed by atoms with E-state index in [9.17, 15) is 28.9 Å². The van der Waals surface area contributed by atoms with Crippen LogP contribution in [0.2, 0.25) is 0 Å². The van der Waals surface area contributed by atoms with Crippen LogP contribution in [0.5, 0.6) is 0 Å². The van der Waals surface area contributed by atoms with Gasteiger partial charge in [-0.25, -0.2) is 4.39 Å². The van der Waals surface area contributed by atoms with Crippen molar-refractivity contribution in [3.63, 3.8) is 0 Å². The molecule has 1 aliphatic heterocycles. The largest absolute Gasteiger partial charge is 0.422 e. The lowest BCUT2D eigenvalue weighted by Crippen LogP contribution is -2.49. The number of nitrogens with zero attached hydrogens (tertiary/aromatic N) is 1. The van der Waals surface area contributed by atoms with E-state index in [1.165, 1.54) is 44.2 Å². The molecule has 8 nitrogen and oxygen atoms in total. The summed E-state index contributed by atoms with van der Waals surface area (Å²) in [6.07, 6.45) is 0. The van der Waals surface area contributed by atoms with E-state index in [1.807, 2.05) is 0 Å². The van der Waals surface area contributed by atoms with Crippen LogP contribution in [0.25, 0.3) is 0 Å². The summed E-state index contributed by atoms with van der Waals surface area (Å²) in [4.78, 5) is 49.3. The maximum atomic E-state index is 13.8. The maximum absolute atomic E-state index is 13.8. The normalized spacial score (nSPS) is 23.4. The molecule has 9 heteroatoms. The van der Waals surface area contributed by atoms with Gasteiger partial charge in [-0.1, -0.05) is 12.1 Å². The van der Waals surface area contributed by atoms with Gasteiger partial charge in [0.15, 0.2) is 11.2 Å². The van der Waals surface area contributed by atoms with Gasteiger partial charge >= 0.3 is 11.9 Å². The Bertz CT molecular complexity index is 1070. The molecule has 2 aromatic carbocycles. The second-order valence-corrected chi connectivity index (χ2v) is 7.73. The van der Waals surface area contributed by atoms with Crippen molar-refractivity contribution in [3.05, 3.63) is 75.6 Å². The molecule has 4 rings (SSSR count). The molecule has 1 heterocycles. The van der Waals surface area contributed by atoms with Gasteiger partial charge in [-0.05, 0) is 29.8 Å². The third kappa shape index (κ3) is 2.85. The number of non-ortho nitro benzene ring substituents is 1. The minimum Gasteiger partial charge on any atom is -0.422 e. The van der Waals surface area contributed by atoms with Gasteiger partial charge in [-0.15, -0.1) is 0 Å². The fourth-order valence-corrected chi connectivity index (χ4v) is 4.06. The van der Waals surface area contributed by atoms with Crippen LogP contribution in [0.4, 0.5) is 10.1 Å². The Morgan fingerprint density at radius 3 is 2.20 bits per heavy atom. The standard InChI is InChI=1S/C21H16FNO7/c1-20(2)29-18(25)21(19(26)30-20)15(12-4-3-5-13(22)10-12)16(21)17(24)11-6-8-14(9-7-11)23(27)28/h3-10,15-16H,1-2H3/t15-,16+/m1/s1. The first-order valence-electron chi connectivity index (χ1n) is 9.09. The number of cyclic esters (lactones) is 2. The van der Waals surface area contributed by atoms with Gasteiger partial charge in [-0.3, -0.25) is 24.5 Å². The molecule has 2 atom stereocenters. The highest BCUT2D eigenvalue weighted by atomic mass is 19.1. The fraction of sp³-hybridized carbons (Fsp3) is 0.286. The van der Waals surface area contributed by atoms with Crippen molar-refractivity contribution >= 4 is 23.4 Å². The molecule has 0 amide bonds. The number of hydrogen-bond acceptors (Lipinski definition) is 7. The minimum absolute atomic E-state index is 0.0781. The molecule has 0 N–H and O–H groups in total. The lowest BCUT2D eigenvalue weighted by molar-refractivity contribution is -0.384. The molecule has 1 aliphatic carbocycles. The van der Waals surface area contributed by atoms with Gasteiger partial charge < -0.3 is 9.47 Å². The van der Waals surface area contributed by atoms with Crippen LogP contribution in [0.1, 0.15) is 35.7 Å². The van der Waals surface area contributed by atoms with E-state index in [0.29, 0.717) is 0 Å². The number of nitro groups is 1. The Morgan fingerprint density at radius 1 is 1.07 bits per heavy atom. The number of Topliss-reactive ketones (excluding diaryl/α,β-unsaturated/α-hetero) is 1. The predicted molar refractivity (Wildman–Crippen MR) is 98.8 cm³/mol. The molecular formula is C21H16FNO7. The Balaban J connectivity index is 1.78. The third-order valence-electron chi connectivity index (χ3n) is 5.41. The molecule has 1 spiro atoms. The number of nitro benzene ring substituents is 1. The van der Waals surface area contributed by atoms with Crippen LogP contribution in [0, 0.1) is 27.3 Å². The lowest BCUT2D eigenvalue weighted by Gasteiger charge is -2.34. The zero-order valence-corrected chi connectivity index (χ0v) is 16.0. The number of carbonyl (C=O) groups excluding carboxylic acids is 3. The highest BCUT2D eigenvalue weighted by molar-refractivity contribution is 6.17. The average Bonchev–Trinajstić information content (AvgIpc) is 3.37. The van der Waals surface area contributed by atoms with Gasteiger partial charge in [0, 0.05) is 37.5 Å². The molecule has 1 saturated heterocycles. The number of esters is 2. The highest BCUT2D eigenvalue weighted by Gasteiger charge is 2.81. The molecule has 30 heavy (non-hydrogen) atoms. The Kier molecular flexibility index (Phi) is 4.23. The smallest absolute Gasteiger partial charge is 0.328 e. The summed E-state index contributed by atoms with van der Waals surface area (Å²) in [5.41, 5.74) is -1.78. The van der Waals surface area contributed by atoms with Crippen molar-refractivity contribution in [1.29, 1.82) is 0 Å². The number of carbonyl (C=O) groups is 3. The minimum atomic E-state index is -1.93. The highest BCUT2D eigenvalue weighted by Crippen LogP contribution is 2.68. The number of ketones is 1. The van der Waals surface area contributed by atoms with Gasteiger partial charge in [-0.2, -0.15) is 0 Å². The van der Waals surface area contributed by atoms with Crippen LogP contribution in [-0.2, 0) is 19.1 Å². The van der Waals surface area contributed by atoms with E-state index in [2.05, 4.69) is 0 Å². The summed E-state index contributed by atoms with van der Waals surface area (Å²) < 4.78 is 24.3. The van der Waals surface area contributed by atoms with Crippen molar-refractivity contribution in [3.8, 4) is 0 Å². The molecule has 0 aromatic heterocycles. The van der Waals surface area contributed by atoms with Crippen molar-refractivity contribution in [2.24, 2.45) is 11.3 Å². The van der Waals surface area contributed by atoms with Gasteiger partial charge in [0.1, 0.15) is 5.82 Å². The summed E-state index contributed by atoms with van der Waals surface area (Å²) in [6.45, 7) is 2.78. The summed E-state index contributed by atoms with van der Waals surface area (Å²) in [5.74, 6) is -6.67. The zero-order chi connectivity index (χ0) is 21.8.